The van der Waals surface area contributed by atoms with Gasteiger partial charge in [-0.15, -0.1) is 11.8 Å². The van der Waals surface area contributed by atoms with E-state index in [1.807, 2.05) is 0 Å². The van der Waals surface area contributed by atoms with Crippen molar-refractivity contribution in [2.75, 3.05) is 11.1 Å². The lowest BCUT2D eigenvalue weighted by molar-refractivity contribution is -0.385. The van der Waals surface area contributed by atoms with Gasteiger partial charge in [0.2, 0.25) is 5.91 Å². The number of aryl methyl sites for hydroxylation is 2. The maximum atomic E-state index is 12.1. The van der Waals surface area contributed by atoms with Crippen molar-refractivity contribution in [2.45, 2.75) is 32.1 Å². The first-order valence-corrected chi connectivity index (χ1v) is 8.61. The molecule has 0 bridgehead atoms. The van der Waals surface area contributed by atoms with Gasteiger partial charge in [-0.2, -0.15) is 0 Å². The van der Waals surface area contributed by atoms with Gasteiger partial charge < -0.3 is 5.32 Å². The maximum absolute atomic E-state index is 12.1. The molecule has 0 aliphatic carbocycles. The third kappa shape index (κ3) is 4.58. The minimum absolute atomic E-state index is 0.0114. The van der Waals surface area contributed by atoms with E-state index in [9.17, 15) is 14.9 Å². The molecule has 1 amide bonds. The van der Waals surface area contributed by atoms with Gasteiger partial charge in [-0.25, -0.2) is 0 Å². The van der Waals surface area contributed by atoms with E-state index in [0.717, 1.165) is 4.90 Å². The Morgan fingerprint density at radius 1 is 1.17 bits per heavy atom. The summed E-state index contributed by atoms with van der Waals surface area (Å²) in [5, 5.41) is 13.7. The number of anilines is 1. The van der Waals surface area contributed by atoms with Crippen LogP contribution in [0.25, 0.3) is 0 Å². The van der Waals surface area contributed by atoms with Crippen LogP contribution in [0.15, 0.2) is 41.3 Å². The number of nitrogens with one attached hydrogen (secondary N) is 1. The first kappa shape index (κ1) is 18.0. The first-order chi connectivity index (χ1) is 11.4. The molecule has 24 heavy (non-hydrogen) atoms. The molecule has 0 radical (unpaired) electrons. The van der Waals surface area contributed by atoms with Crippen LogP contribution in [-0.2, 0) is 4.79 Å². The summed E-state index contributed by atoms with van der Waals surface area (Å²) in [4.78, 5) is 23.7. The Kier molecular flexibility index (Phi) is 5.98. The number of carbonyl (C=O) groups excluding carboxylic acids is 1. The van der Waals surface area contributed by atoms with Gasteiger partial charge in [-0.1, -0.05) is 12.1 Å². The summed E-state index contributed by atoms with van der Waals surface area (Å²) in [6, 6.07) is 10.9. The van der Waals surface area contributed by atoms with Crippen molar-refractivity contribution >= 4 is 29.0 Å². The Hall–Kier alpha value is -2.34. The molecule has 0 aromatic heterocycles. The lowest BCUT2D eigenvalue weighted by Gasteiger charge is -2.09. The van der Waals surface area contributed by atoms with Crippen LogP contribution in [0.5, 0.6) is 0 Å². The van der Waals surface area contributed by atoms with Crippen LogP contribution in [0, 0.1) is 30.9 Å². The van der Waals surface area contributed by atoms with Crippen LogP contribution in [-0.4, -0.2) is 16.6 Å². The third-order valence-corrected chi connectivity index (χ3v) is 4.85. The van der Waals surface area contributed by atoms with E-state index in [-0.39, 0.29) is 11.6 Å². The second-order valence-corrected chi connectivity index (χ2v) is 6.77. The van der Waals surface area contributed by atoms with Crippen molar-refractivity contribution < 1.29 is 9.72 Å². The number of thioether (sulfide) groups is 1. The molecule has 0 unspecified atom stereocenters. The van der Waals surface area contributed by atoms with Gasteiger partial charge in [0.15, 0.2) is 0 Å². The van der Waals surface area contributed by atoms with E-state index in [1.54, 1.807) is 30.8 Å². The molecule has 2 aromatic carbocycles. The van der Waals surface area contributed by atoms with Gasteiger partial charge in [-0.05, 0) is 50.1 Å². The summed E-state index contributed by atoms with van der Waals surface area (Å²) in [6.07, 6.45) is 0.347. The minimum Gasteiger partial charge on any atom is -0.326 e. The van der Waals surface area contributed by atoms with Crippen LogP contribution in [0.3, 0.4) is 0 Å². The molecule has 6 heteroatoms. The molecular weight excluding hydrogens is 324 g/mol. The maximum Gasteiger partial charge on any atom is 0.274 e. The van der Waals surface area contributed by atoms with Gasteiger partial charge in [-0.3, -0.25) is 14.9 Å². The fraction of sp³-hybridized carbons (Fsp3) is 0.278. The highest BCUT2D eigenvalue weighted by molar-refractivity contribution is 7.99. The van der Waals surface area contributed by atoms with Gasteiger partial charge >= 0.3 is 0 Å². The monoisotopic (exact) mass is 344 g/mol. The zero-order valence-electron chi connectivity index (χ0n) is 14.0. The number of hydrogen-bond acceptors (Lipinski definition) is 4. The van der Waals surface area contributed by atoms with E-state index in [4.69, 9.17) is 0 Å². The molecule has 0 aliphatic heterocycles. The highest BCUT2D eigenvalue weighted by Gasteiger charge is 2.14. The number of amides is 1. The van der Waals surface area contributed by atoms with Crippen molar-refractivity contribution in [1.82, 2.24) is 0 Å². The molecule has 2 aromatic rings. The quantitative estimate of drug-likeness (QED) is 0.471. The smallest absolute Gasteiger partial charge is 0.274 e. The lowest BCUT2D eigenvalue weighted by Crippen LogP contribution is -2.13. The molecule has 0 aliphatic rings. The average Bonchev–Trinajstić information content (AvgIpc) is 2.52. The topological polar surface area (TPSA) is 72.2 Å². The number of nitro groups is 1. The average molecular weight is 344 g/mol. The highest BCUT2D eigenvalue weighted by Crippen LogP contribution is 2.26. The van der Waals surface area contributed by atoms with E-state index in [1.165, 1.54) is 17.2 Å². The molecule has 0 heterocycles. The summed E-state index contributed by atoms with van der Waals surface area (Å²) in [5.41, 5.74) is 3.45. The largest absolute Gasteiger partial charge is 0.326 e. The van der Waals surface area contributed by atoms with Crippen molar-refractivity contribution in [3.63, 3.8) is 0 Å². The predicted octanol–water partition coefficient (Wildman–Crippen LogP) is 4.64. The van der Waals surface area contributed by atoms with E-state index >= 15 is 0 Å². The lowest BCUT2D eigenvalue weighted by atomic mass is 10.1. The Morgan fingerprint density at radius 2 is 1.92 bits per heavy atom. The molecule has 2 rings (SSSR count). The van der Waals surface area contributed by atoms with Gasteiger partial charge in [0.25, 0.3) is 5.69 Å². The molecule has 5 nitrogen and oxygen atoms in total. The second-order valence-electron chi connectivity index (χ2n) is 5.60. The zero-order valence-corrected chi connectivity index (χ0v) is 14.8. The van der Waals surface area contributed by atoms with Crippen molar-refractivity contribution in [3.05, 3.63) is 63.2 Å². The van der Waals surface area contributed by atoms with Crippen LogP contribution in [0.1, 0.15) is 23.1 Å². The molecular formula is C18H20N2O3S. The zero-order chi connectivity index (χ0) is 17.7. The van der Waals surface area contributed by atoms with Crippen molar-refractivity contribution in [2.24, 2.45) is 0 Å². The second kappa shape index (κ2) is 7.97. The number of hydrogen-bond donors (Lipinski definition) is 1. The van der Waals surface area contributed by atoms with Gasteiger partial charge in [0, 0.05) is 23.1 Å². The van der Waals surface area contributed by atoms with Gasteiger partial charge in [0.05, 0.1) is 16.2 Å². The summed E-state index contributed by atoms with van der Waals surface area (Å²) in [6.45, 7) is 5.77. The van der Waals surface area contributed by atoms with Gasteiger partial charge in [0.1, 0.15) is 0 Å². The Labute approximate surface area is 145 Å². The van der Waals surface area contributed by atoms with Crippen LogP contribution in [0.2, 0.25) is 0 Å². The Bertz CT molecular complexity index is 775. The number of carbonyl (C=O) groups is 1. The molecule has 126 valence electrons. The van der Waals surface area contributed by atoms with E-state index in [0.29, 0.717) is 23.4 Å². The summed E-state index contributed by atoms with van der Waals surface area (Å²) < 4.78 is 0. The van der Waals surface area contributed by atoms with Crippen molar-refractivity contribution in [1.29, 1.82) is 0 Å². The standard InChI is InChI=1S/C18H20N2O3S/c1-12-7-8-15(11-13(12)2)24-10-9-18(21)19-16-5-4-6-17(14(16)3)20(22)23/h4-8,11H,9-10H2,1-3H3,(H,19,21). The number of benzene rings is 2. The van der Waals surface area contributed by atoms with Crippen molar-refractivity contribution in [3.8, 4) is 0 Å². The summed E-state index contributed by atoms with van der Waals surface area (Å²) in [5.74, 6) is 0.511. The highest BCUT2D eigenvalue weighted by atomic mass is 32.2. The molecule has 0 saturated carbocycles. The van der Waals surface area contributed by atoms with E-state index in [2.05, 4.69) is 37.4 Å². The predicted molar refractivity (Wildman–Crippen MR) is 97.7 cm³/mol. The fourth-order valence-electron chi connectivity index (χ4n) is 2.23. The Balaban J connectivity index is 1.91. The summed E-state index contributed by atoms with van der Waals surface area (Å²) >= 11 is 1.63. The number of nitro benzene ring substituents is 1. The fourth-order valence-corrected chi connectivity index (χ4v) is 3.18. The molecule has 0 spiro atoms. The third-order valence-electron chi connectivity index (χ3n) is 3.85. The number of rotatable bonds is 6. The minimum atomic E-state index is -0.444. The molecule has 1 N–H and O–H groups in total. The van der Waals surface area contributed by atoms with E-state index < -0.39 is 4.92 Å². The normalized spacial score (nSPS) is 10.5. The molecule has 0 fully saturated rings. The SMILES string of the molecule is Cc1ccc(SCCC(=O)Nc2cccc([N+](=O)[O-])c2C)cc1C. The Morgan fingerprint density at radius 3 is 2.58 bits per heavy atom. The van der Waals surface area contributed by atoms with Crippen LogP contribution >= 0.6 is 11.8 Å². The number of nitrogens with zero attached hydrogens (tertiary/aromatic N) is 1. The van der Waals surface area contributed by atoms with Crippen LogP contribution in [0.4, 0.5) is 11.4 Å². The molecule has 0 atom stereocenters. The first-order valence-electron chi connectivity index (χ1n) is 7.62. The summed E-state index contributed by atoms with van der Waals surface area (Å²) in [7, 11) is 0. The van der Waals surface area contributed by atoms with Crippen LogP contribution < -0.4 is 5.32 Å². The molecule has 0 saturated heterocycles.